The zero-order valence-corrected chi connectivity index (χ0v) is 20.3. The van der Waals surface area contributed by atoms with Crippen LogP contribution in [0.3, 0.4) is 0 Å². The van der Waals surface area contributed by atoms with Crippen LogP contribution in [0.4, 0.5) is 18.9 Å². The molecule has 10 heteroatoms. The summed E-state index contributed by atoms with van der Waals surface area (Å²) in [5.74, 6) is 0. The molecule has 0 saturated carbocycles. The molecule has 180 valence electrons. The number of anilines is 1. The summed E-state index contributed by atoms with van der Waals surface area (Å²) < 4.78 is 48.2. The minimum absolute atomic E-state index is 0.123. The molecule has 2 aromatic carbocycles. The summed E-state index contributed by atoms with van der Waals surface area (Å²) in [4.78, 5) is 13.2. The number of nitrogens with zero attached hydrogens (tertiary/aromatic N) is 3. The summed E-state index contributed by atoms with van der Waals surface area (Å²) in [6, 6.07) is 13.1. The number of benzene rings is 2. The minimum atomic E-state index is -4.57. The Morgan fingerprint density at radius 1 is 1.09 bits per heavy atom. The number of aromatic nitrogens is 3. The molecule has 0 aliphatic heterocycles. The van der Waals surface area contributed by atoms with E-state index in [1.165, 1.54) is 10.9 Å². The lowest BCUT2D eigenvalue weighted by Gasteiger charge is -2.15. The highest BCUT2D eigenvalue weighted by molar-refractivity contribution is 6.76. The fourth-order valence-corrected chi connectivity index (χ4v) is 4.61. The van der Waals surface area contributed by atoms with Gasteiger partial charge < -0.3 is 10.5 Å². The molecule has 34 heavy (non-hydrogen) atoms. The van der Waals surface area contributed by atoms with Crippen LogP contribution in [0.5, 0.6) is 0 Å². The van der Waals surface area contributed by atoms with Gasteiger partial charge in [-0.25, -0.2) is 4.68 Å². The number of hydrogen-bond acceptors (Lipinski definition) is 4. The van der Waals surface area contributed by atoms with Gasteiger partial charge in [0.15, 0.2) is 0 Å². The first-order chi connectivity index (χ1) is 15.9. The van der Waals surface area contributed by atoms with E-state index in [1.54, 1.807) is 42.5 Å². The van der Waals surface area contributed by atoms with Crippen molar-refractivity contribution in [2.75, 3.05) is 12.3 Å². The minimum Gasteiger partial charge on any atom is -0.398 e. The maximum absolute atomic E-state index is 13.4. The third-order valence-electron chi connectivity index (χ3n) is 5.61. The van der Waals surface area contributed by atoms with Gasteiger partial charge in [-0.05, 0) is 29.8 Å². The van der Waals surface area contributed by atoms with Crippen molar-refractivity contribution >= 4 is 35.6 Å². The standard InChI is InChI=1S/C24H27F3N4O2Si/c1-34(2,3)11-10-33-15-30-13-19-22(29-30)18-9-8-16(17-6-4-5-7-20(17)28)12-21(18)31(23(19)32)14-24(25,26)27/h4-9,12-13H,10-11,14-15,28H2,1-3H3. The Morgan fingerprint density at radius 3 is 2.50 bits per heavy atom. The average molecular weight is 489 g/mol. The molecule has 6 nitrogen and oxygen atoms in total. The quantitative estimate of drug-likeness (QED) is 0.213. The number of halogens is 3. The number of nitrogen functional groups attached to an aromatic ring is 1. The van der Waals surface area contributed by atoms with E-state index in [0.29, 0.717) is 34.3 Å². The van der Waals surface area contributed by atoms with E-state index in [4.69, 9.17) is 10.5 Å². The number of rotatable bonds is 7. The fourth-order valence-electron chi connectivity index (χ4n) is 3.85. The molecule has 2 aromatic heterocycles. The van der Waals surface area contributed by atoms with Crippen LogP contribution >= 0.6 is 0 Å². The molecule has 0 fully saturated rings. The number of para-hydroxylation sites is 1. The normalized spacial score (nSPS) is 12.6. The zero-order valence-electron chi connectivity index (χ0n) is 19.3. The van der Waals surface area contributed by atoms with Crippen molar-refractivity contribution < 1.29 is 17.9 Å². The molecule has 2 heterocycles. The molecule has 0 spiro atoms. The fraction of sp³-hybridized carbons (Fsp3) is 0.333. The molecule has 0 saturated heterocycles. The Balaban J connectivity index is 1.83. The van der Waals surface area contributed by atoms with E-state index >= 15 is 0 Å². The van der Waals surface area contributed by atoms with Crippen LogP contribution in [0.25, 0.3) is 32.9 Å². The molecule has 0 aliphatic carbocycles. The molecule has 0 atom stereocenters. The van der Waals surface area contributed by atoms with Gasteiger partial charge in [0.1, 0.15) is 18.8 Å². The predicted octanol–water partition coefficient (Wildman–Crippen LogP) is 5.48. The van der Waals surface area contributed by atoms with Crippen molar-refractivity contribution in [1.82, 2.24) is 14.3 Å². The van der Waals surface area contributed by atoms with Gasteiger partial charge in [0, 0.05) is 37.5 Å². The smallest absolute Gasteiger partial charge is 0.398 e. The van der Waals surface area contributed by atoms with Crippen molar-refractivity contribution in [1.29, 1.82) is 0 Å². The lowest BCUT2D eigenvalue weighted by atomic mass is 10.0. The summed E-state index contributed by atoms with van der Waals surface area (Å²) in [6.07, 6.45) is -3.11. The topological polar surface area (TPSA) is 75.1 Å². The highest BCUT2D eigenvalue weighted by Gasteiger charge is 2.30. The number of nitrogens with two attached hydrogens (primary N) is 1. The number of alkyl halides is 3. The average Bonchev–Trinajstić information content (AvgIpc) is 3.17. The van der Waals surface area contributed by atoms with E-state index in [1.807, 2.05) is 0 Å². The molecule has 0 amide bonds. The predicted molar refractivity (Wildman–Crippen MR) is 132 cm³/mol. The second-order valence-corrected chi connectivity index (χ2v) is 15.2. The van der Waals surface area contributed by atoms with Gasteiger partial charge in [-0.2, -0.15) is 18.3 Å². The lowest BCUT2D eigenvalue weighted by Crippen LogP contribution is -2.28. The number of fused-ring (bicyclic) bond motifs is 3. The summed E-state index contributed by atoms with van der Waals surface area (Å²) in [7, 11) is -1.26. The van der Waals surface area contributed by atoms with Gasteiger partial charge in [0.2, 0.25) is 0 Å². The van der Waals surface area contributed by atoms with Gasteiger partial charge in [0.05, 0.1) is 10.9 Å². The Labute approximate surface area is 195 Å². The van der Waals surface area contributed by atoms with Crippen LogP contribution in [-0.4, -0.2) is 35.2 Å². The molecule has 2 N–H and O–H groups in total. The maximum Gasteiger partial charge on any atom is 0.406 e. The molecule has 0 radical (unpaired) electrons. The lowest BCUT2D eigenvalue weighted by molar-refractivity contribution is -0.140. The van der Waals surface area contributed by atoms with Crippen LogP contribution in [0.15, 0.2) is 53.5 Å². The number of hydrogen-bond donors (Lipinski definition) is 1. The molecule has 4 rings (SSSR count). The van der Waals surface area contributed by atoms with Gasteiger partial charge in [-0.3, -0.25) is 9.36 Å². The Kier molecular flexibility index (Phi) is 6.30. The Hall–Kier alpha value is -3.11. The van der Waals surface area contributed by atoms with Gasteiger partial charge in [-0.15, -0.1) is 0 Å². The largest absolute Gasteiger partial charge is 0.406 e. The van der Waals surface area contributed by atoms with E-state index < -0.39 is 26.4 Å². The molecule has 0 aliphatic rings. The van der Waals surface area contributed by atoms with E-state index in [-0.39, 0.29) is 17.6 Å². The highest BCUT2D eigenvalue weighted by atomic mass is 28.3. The highest BCUT2D eigenvalue weighted by Crippen LogP contribution is 2.31. The maximum atomic E-state index is 13.4. The first kappa shape index (κ1) is 24.0. The van der Waals surface area contributed by atoms with Crippen molar-refractivity contribution in [2.45, 2.75) is 45.1 Å². The first-order valence-corrected chi connectivity index (χ1v) is 14.7. The number of ether oxygens (including phenoxy) is 1. The van der Waals surface area contributed by atoms with E-state index in [2.05, 4.69) is 24.7 Å². The van der Waals surface area contributed by atoms with Crippen LogP contribution < -0.4 is 11.3 Å². The van der Waals surface area contributed by atoms with Gasteiger partial charge >= 0.3 is 6.18 Å². The van der Waals surface area contributed by atoms with Crippen LogP contribution in [0, 0.1) is 0 Å². The molecule has 4 aromatic rings. The van der Waals surface area contributed by atoms with Crippen molar-refractivity contribution in [2.24, 2.45) is 0 Å². The summed E-state index contributed by atoms with van der Waals surface area (Å²) in [6.45, 7) is 6.01. The third kappa shape index (κ3) is 5.17. The molecular formula is C24H27F3N4O2Si. The molecule has 0 bridgehead atoms. The van der Waals surface area contributed by atoms with E-state index in [9.17, 15) is 18.0 Å². The zero-order chi connectivity index (χ0) is 24.7. The Bertz CT molecular complexity index is 1400. The first-order valence-electron chi connectivity index (χ1n) is 11.0. The summed E-state index contributed by atoms with van der Waals surface area (Å²) in [5, 5.41) is 5.06. The summed E-state index contributed by atoms with van der Waals surface area (Å²) >= 11 is 0. The van der Waals surface area contributed by atoms with Crippen LogP contribution in [0.1, 0.15) is 0 Å². The second kappa shape index (κ2) is 8.92. The summed E-state index contributed by atoms with van der Waals surface area (Å²) in [5.41, 5.74) is 7.62. The van der Waals surface area contributed by atoms with Crippen molar-refractivity contribution in [3.8, 4) is 11.1 Å². The molecule has 0 unspecified atom stereocenters. The monoisotopic (exact) mass is 488 g/mol. The van der Waals surface area contributed by atoms with Gasteiger partial charge in [-0.1, -0.05) is 43.9 Å². The van der Waals surface area contributed by atoms with Crippen LogP contribution in [-0.2, 0) is 18.0 Å². The van der Waals surface area contributed by atoms with Gasteiger partial charge in [0.25, 0.3) is 5.56 Å². The third-order valence-corrected chi connectivity index (χ3v) is 7.31. The SMILES string of the molecule is C[Si](C)(C)CCOCn1cc2c(=O)n(CC(F)(F)F)c3cc(-c4ccccc4N)ccc3c2n1. The second-order valence-electron chi connectivity index (χ2n) is 9.60. The van der Waals surface area contributed by atoms with Crippen LogP contribution in [0.2, 0.25) is 25.7 Å². The molecular weight excluding hydrogens is 461 g/mol. The van der Waals surface area contributed by atoms with Crippen molar-refractivity contribution in [3.05, 3.63) is 59.0 Å². The van der Waals surface area contributed by atoms with E-state index in [0.717, 1.165) is 10.6 Å². The number of pyridine rings is 1. The Morgan fingerprint density at radius 2 is 1.82 bits per heavy atom. The van der Waals surface area contributed by atoms with Crippen molar-refractivity contribution in [3.63, 3.8) is 0 Å².